The molecule has 0 aliphatic rings. The molecule has 0 fully saturated rings. The number of aliphatic hydroxyl groups is 1. The van der Waals surface area contributed by atoms with Gasteiger partial charge in [0, 0.05) is 34.2 Å². The maximum atomic E-state index is 13.9. The Balaban J connectivity index is 1.41. The summed E-state index contributed by atoms with van der Waals surface area (Å²) in [6.07, 6.45) is 1.43. The van der Waals surface area contributed by atoms with E-state index < -0.39 is 12.0 Å². The molecule has 0 aliphatic heterocycles. The first-order chi connectivity index (χ1) is 18.1. The van der Waals surface area contributed by atoms with Crippen molar-refractivity contribution in [2.75, 3.05) is 10.6 Å². The standard InChI is InChI=1S/C29H27ClF2N4O2/c1-18(24-5-3-4-6-25(24)30)35-28-27(33-15-16-34-28)21-9-13-23(14-10-21)36-26(38)17-20-7-11-22(12-8-20)29(31,32)19(2)37/h3-16,18-19,37H,17H2,1-2H3,(H,34,35)(H,36,38). The van der Waals surface area contributed by atoms with Crippen LogP contribution in [0.5, 0.6) is 0 Å². The van der Waals surface area contributed by atoms with Crippen LogP contribution in [0.2, 0.25) is 5.02 Å². The lowest BCUT2D eigenvalue weighted by molar-refractivity contribution is -0.115. The first-order valence-electron chi connectivity index (χ1n) is 12.0. The summed E-state index contributed by atoms with van der Waals surface area (Å²) in [7, 11) is 0. The number of carbonyl (C=O) groups excluding carboxylic acids is 1. The van der Waals surface area contributed by atoms with Gasteiger partial charge in [0.1, 0.15) is 11.8 Å². The molecule has 1 aromatic heterocycles. The Morgan fingerprint density at radius 1 is 0.974 bits per heavy atom. The first kappa shape index (κ1) is 27.2. The third-order valence-corrected chi connectivity index (χ3v) is 6.44. The molecule has 196 valence electrons. The lowest BCUT2D eigenvalue weighted by Crippen LogP contribution is -2.27. The van der Waals surface area contributed by atoms with E-state index >= 15 is 0 Å². The minimum absolute atomic E-state index is 0.0143. The highest BCUT2D eigenvalue weighted by molar-refractivity contribution is 6.31. The average molecular weight is 537 g/mol. The van der Waals surface area contributed by atoms with Crippen molar-refractivity contribution in [3.8, 4) is 11.3 Å². The molecule has 2 unspecified atom stereocenters. The topological polar surface area (TPSA) is 87.1 Å². The third kappa shape index (κ3) is 6.33. The van der Waals surface area contributed by atoms with E-state index in [2.05, 4.69) is 20.6 Å². The van der Waals surface area contributed by atoms with E-state index in [1.54, 1.807) is 24.5 Å². The van der Waals surface area contributed by atoms with Gasteiger partial charge in [-0.15, -0.1) is 0 Å². The SMILES string of the molecule is CC(Nc1nccnc1-c1ccc(NC(=O)Cc2ccc(C(F)(F)C(C)O)cc2)cc1)c1ccccc1Cl. The Bertz CT molecular complexity index is 1400. The lowest BCUT2D eigenvalue weighted by Gasteiger charge is -2.19. The number of alkyl halides is 2. The van der Waals surface area contributed by atoms with Crippen LogP contribution in [0.1, 0.15) is 36.6 Å². The Labute approximate surface area is 224 Å². The van der Waals surface area contributed by atoms with E-state index in [0.717, 1.165) is 18.1 Å². The molecule has 4 aromatic rings. The van der Waals surface area contributed by atoms with Gasteiger partial charge in [0.25, 0.3) is 5.92 Å². The number of halogens is 3. The minimum atomic E-state index is -3.35. The van der Waals surface area contributed by atoms with Gasteiger partial charge in [0.15, 0.2) is 5.82 Å². The molecule has 9 heteroatoms. The van der Waals surface area contributed by atoms with Crippen molar-refractivity contribution in [3.05, 3.63) is 107 Å². The highest BCUT2D eigenvalue weighted by Gasteiger charge is 2.37. The fourth-order valence-electron chi connectivity index (χ4n) is 3.95. The van der Waals surface area contributed by atoms with Crippen LogP contribution in [0.3, 0.4) is 0 Å². The average Bonchev–Trinajstić information content (AvgIpc) is 2.90. The van der Waals surface area contributed by atoms with Crippen LogP contribution in [-0.4, -0.2) is 27.1 Å². The molecular weight excluding hydrogens is 510 g/mol. The zero-order chi connectivity index (χ0) is 27.3. The third-order valence-electron chi connectivity index (χ3n) is 6.09. The molecule has 0 saturated carbocycles. The second-order valence-corrected chi connectivity index (χ2v) is 9.35. The smallest absolute Gasteiger partial charge is 0.298 e. The van der Waals surface area contributed by atoms with Crippen molar-refractivity contribution in [1.82, 2.24) is 9.97 Å². The Hall–Kier alpha value is -3.88. The van der Waals surface area contributed by atoms with E-state index in [0.29, 0.717) is 27.8 Å². The number of rotatable bonds is 9. The lowest BCUT2D eigenvalue weighted by atomic mass is 10.0. The number of aliphatic hydroxyl groups excluding tert-OH is 1. The summed E-state index contributed by atoms with van der Waals surface area (Å²) >= 11 is 6.34. The van der Waals surface area contributed by atoms with Gasteiger partial charge in [-0.25, -0.2) is 4.98 Å². The van der Waals surface area contributed by atoms with Crippen LogP contribution in [0.15, 0.2) is 85.2 Å². The van der Waals surface area contributed by atoms with Crippen LogP contribution in [0.25, 0.3) is 11.3 Å². The number of hydrogen-bond acceptors (Lipinski definition) is 5. The molecule has 3 N–H and O–H groups in total. The molecule has 0 saturated heterocycles. The maximum absolute atomic E-state index is 13.9. The van der Waals surface area contributed by atoms with Crippen molar-refractivity contribution < 1.29 is 18.7 Å². The van der Waals surface area contributed by atoms with Crippen molar-refractivity contribution in [1.29, 1.82) is 0 Å². The zero-order valence-corrected chi connectivity index (χ0v) is 21.6. The number of amides is 1. The number of carbonyl (C=O) groups is 1. The molecule has 1 heterocycles. The van der Waals surface area contributed by atoms with Gasteiger partial charge in [-0.3, -0.25) is 9.78 Å². The Morgan fingerprint density at radius 2 is 1.63 bits per heavy atom. The number of nitrogens with one attached hydrogen (secondary N) is 2. The van der Waals surface area contributed by atoms with E-state index in [1.165, 1.54) is 24.3 Å². The summed E-state index contributed by atoms with van der Waals surface area (Å²) in [5.41, 5.74) is 3.26. The summed E-state index contributed by atoms with van der Waals surface area (Å²) in [6.45, 7) is 3.03. The largest absolute Gasteiger partial charge is 0.387 e. The molecule has 0 radical (unpaired) electrons. The molecular formula is C29H27ClF2N4O2. The van der Waals surface area contributed by atoms with Crippen LogP contribution < -0.4 is 10.6 Å². The molecule has 0 aliphatic carbocycles. The molecule has 0 bridgehead atoms. The molecule has 38 heavy (non-hydrogen) atoms. The summed E-state index contributed by atoms with van der Waals surface area (Å²) in [5.74, 6) is -3.04. The van der Waals surface area contributed by atoms with E-state index in [1.807, 2.05) is 43.3 Å². The van der Waals surface area contributed by atoms with Gasteiger partial charge in [-0.1, -0.05) is 66.2 Å². The van der Waals surface area contributed by atoms with E-state index in [4.69, 9.17) is 11.6 Å². The number of nitrogens with zero attached hydrogens (tertiary/aromatic N) is 2. The quantitative estimate of drug-likeness (QED) is 0.224. The summed E-state index contributed by atoms with van der Waals surface area (Å²) < 4.78 is 27.9. The monoisotopic (exact) mass is 536 g/mol. The molecule has 3 aromatic carbocycles. The molecule has 6 nitrogen and oxygen atoms in total. The fraction of sp³-hybridized carbons (Fsp3) is 0.207. The van der Waals surface area contributed by atoms with E-state index in [-0.39, 0.29) is 23.9 Å². The normalized spacial score (nSPS) is 13.0. The van der Waals surface area contributed by atoms with Crippen molar-refractivity contribution >= 4 is 29.0 Å². The van der Waals surface area contributed by atoms with Crippen LogP contribution in [-0.2, 0) is 17.1 Å². The van der Waals surface area contributed by atoms with Gasteiger partial charge < -0.3 is 15.7 Å². The molecule has 4 rings (SSSR count). The summed E-state index contributed by atoms with van der Waals surface area (Å²) in [6, 6.07) is 20.0. The molecule has 0 spiro atoms. The van der Waals surface area contributed by atoms with Gasteiger partial charge in [0.2, 0.25) is 5.91 Å². The van der Waals surface area contributed by atoms with E-state index in [9.17, 15) is 18.7 Å². The van der Waals surface area contributed by atoms with Gasteiger partial charge in [0.05, 0.1) is 12.5 Å². The first-order valence-corrected chi connectivity index (χ1v) is 12.4. The highest BCUT2D eigenvalue weighted by atomic mass is 35.5. The van der Waals surface area contributed by atoms with Gasteiger partial charge in [-0.05, 0) is 43.2 Å². The van der Waals surface area contributed by atoms with Crippen molar-refractivity contribution in [2.45, 2.75) is 38.3 Å². The summed E-state index contributed by atoms with van der Waals surface area (Å²) in [4.78, 5) is 21.5. The number of hydrogen-bond donors (Lipinski definition) is 3. The van der Waals surface area contributed by atoms with Crippen molar-refractivity contribution in [3.63, 3.8) is 0 Å². The second-order valence-electron chi connectivity index (χ2n) is 8.94. The van der Waals surface area contributed by atoms with Gasteiger partial charge in [-0.2, -0.15) is 8.78 Å². The predicted molar refractivity (Wildman–Crippen MR) is 145 cm³/mol. The van der Waals surface area contributed by atoms with Gasteiger partial charge >= 0.3 is 0 Å². The fourth-order valence-corrected chi connectivity index (χ4v) is 4.25. The molecule has 1 amide bonds. The van der Waals surface area contributed by atoms with Crippen LogP contribution >= 0.6 is 11.6 Å². The second kappa shape index (κ2) is 11.7. The predicted octanol–water partition coefficient (Wildman–Crippen LogP) is 6.62. The highest BCUT2D eigenvalue weighted by Crippen LogP contribution is 2.32. The Morgan fingerprint density at radius 3 is 2.29 bits per heavy atom. The van der Waals surface area contributed by atoms with Crippen LogP contribution in [0, 0.1) is 0 Å². The summed E-state index contributed by atoms with van der Waals surface area (Å²) in [5, 5.41) is 16.1. The van der Waals surface area contributed by atoms with Crippen molar-refractivity contribution in [2.24, 2.45) is 0 Å². The van der Waals surface area contributed by atoms with Crippen LogP contribution in [0.4, 0.5) is 20.3 Å². The number of anilines is 2. The maximum Gasteiger partial charge on any atom is 0.298 e. The Kier molecular flexibility index (Phi) is 8.34. The number of aromatic nitrogens is 2. The zero-order valence-electron chi connectivity index (χ0n) is 20.8. The molecule has 2 atom stereocenters. The number of benzene rings is 3. The minimum Gasteiger partial charge on any atom is -0.387 e.